The summed E-state index contributed by atoms with van der Waals surface area (Å²) in [5, 5.41) is 2.98. The van der Waals surface area contributed by atoms with Gasteiger partial charge >= 0.3 is 0 Å². The van der Waals surface area contributed by atoms with Crippen LogP contribution < -0.4 is 10.1 Å². The molecule has 0 saturated carbocycles. The fourth-order valence-electron chi connectivity index (χ4n) is 3.10. The Morgan fingerprint density at radius 3 is 2.50 bits per heavy atom. The van der Waals surface area contributed by atoms with Gasteiger partial charge in [-0.25, -0.2) is 18.2 Å². The van der Waals surface area contributed by atoms with Gasteiger partial charge in [0.15, 0.2) is 6.61 Å². The minimum absolute atomic E-state index is 0.0611. The van der Waals surface area contributed by atoms with Gasteiger partial charge in [0.1, 0.15) is 5.82 Å². The zero-order valence-corrected chi connectivity index (χ0v) is 15.3. The summed E-state index contributed by atoms with van der Waals surface area (Å²) in [6.07, 6.45) is 0.379. The van der Waals surface area contributed by atoms with E-state index in [4.69, 9.17) is 4.74 Å². The maximum atomic E-state index is 13.0. The molecule has 2 aromatic rings. The van der Waals surface area contributed by atoms with E-state index in [1.807, 2.05) is 0 Å². The van der Waals surface area contributed by atoms with E-state index >= 15 is 0 Å². The van der Waals surface area contributed by atoms with E-state index in [2.05, 4.69) is 15.2 Å². The predicted molar refractivity (Wildman–Crippen MR) is 97.9 cm³/mol. The Hall–Kier alpha value is -2.61. The molecule has 8 heteroatoms. The van der Waals surface area contributed by atoms with Crippen molar-refractivity contribution in [1.29, 1.82) is 0 Å². The van der Waals surface area contributed by atoms with Crippen molar-refractivity contribution in [2.24, 2.45) is 0 Å². The van der Waals surface area contributed by atoms with E-state index in [1.165, 1.54) is 30.5 Å². The lowest BCUT2D eigenvalue weighted by molar-refractivity contribution is 0.0794. The lowest BCUT2D eigenvalue weighted by Crippen LogP contribution is -2.44. The molecule has 0 radical (unpaired) electrons. The Labute approximate surface area is 161 Å². The highest BCUT2D eigenvalue weighted by Gasteiger charge is 2.21. The van der Waals surface area contributed by atoms with Gasteiger partial charge in [0.05, 0.1) is 5.56 Å². The number of benzene rings is 1. The number of rotatable bonds is 7. The highest BCUT2D eigenvalue weighted by Crippen LogP contribution is 2.15. The molecule has 0 atom stereocenters. The van der Waals surface area contributed by atoms with Gasteiger partial charge in [-0.15, -0.1) is 0 Å². The van der Waals surface area contributed by atoms with Crippen molar-refractivity contribution in [1.82, 2.24) is 15.2 Å². The van der Waals surface area contributed by atoms with Crippen LogP contribution in [0.5, 0.6) is 5.88 Å². The van der Waals surface area contributed by atoms with Crippen molar-refractivity contribution in [3.63, 3.8) is 0 Å². The minimum Gasteiger partial charge on any atom is -0.472 e. The number of amides is 1. The van der Waals surface area contributed by atoms with E-state index in [1.54, 1.807) is 12.1 Å². The molecule has 5 nitrogen and oxygen atoms in total. The molecule has 1 amide bonds. The van der Waals surface area contributed by atoms with E-state index in [9.17, 15) is 18.0 Å². The number of nitrogens with one attached hydrogen (secondary N) is 1. The molecule has 0 aliphatic carbocycles. The molecule has 2 heterocycles. The molecule has 1 fully saturated rings. The fourth-order valence-corrected chi connectivity index (χ4v) is 3.10. The number of hydrogen-bond donors (Lipinski definition) is 1. The summed E-state index contributed by atoms with van der Waals surface area (Å²) in [6, 6.07) is 9.46. The van der Waals surface area contributed by atoms with Crippen LogP contribution in [0.15, 0.2) is 42.6 Å². The van der Waals surface area contributed by atoms with Crippen LogP contribution in [0.4, 0.5) is 13.2 Å². The van der Waals surface area contributed by atoms with Gasteiger partial charge < -0.3 is 10.1 Å². The van der Waals surface area contributed by atoms with Gasteiger partial charge in [0.25, 0.3) is 12.3 Å². The first-order chi connectivity index (χ1) is 13.5. The summed E-state index contributed by atoms with van der Waals surface area (Å²) in [5.74, 6) is -0.427. The number of likely N-dealkylation sites (tertiary alicyclic amines) is 1. The Balaban J connectivity index is 1.43. The molecule has 0 spiro atoms. The number of alkyl halides is 2. The highest BCUT2D eigenvalue weighted by molar-refractivity contribution is 5.94. The quantitative estimate of drug-likeness (QED) is 0.785. The third kappa shape index (κ3) is 5.95. The molecule has 28 heavy (non-hydrogen) atoms. The van der Waals surface area contributed by atoms with Crippen LogP contribution in [-0.2, 0) is 6.54 Å². The highest BCUT2D eigenvalue weighted by atomic mass is 19.3. The van der Waals surface area contributed by atoms with Crippen LogP contribution in [0.1, 0.15) is 28.8 Å². The van der Waals surface area contributed by atoms with Crippen molar-refractivity contribution >= 4 is 5.91 Å². The summed E-state index contributed by atoms with van der Waals surface area (Å²) >= 11 is 0. The lowest BCUT2D eigenvalue weighted by Gasteiger charge is -2.32. The van der Waals surface area contributed by atoms with Crippen molar-refractivity contribution in [3.8, 4) is 5.88 Å². The summed E-state index contributed by atoms with van der Waals surface area (Å²) in [6.45, 7) is 1.70. The molecule has 3 rings (SSSR count). The molecule has 1 aromatic carbocycles. The van der Waals surface area contributed by atoms with Crippen molar-refractivity contribution in [2.75, 3.05) is 19.7 Å². The molecule has 0 bridgehead atoms. The normalized spacial score (nSPS) is 15.6. The molecule has 1 N–H and O–H groups in total. The molecular formula is C20H22F3N3O2. The molecule has 1 aromatic heterocycles. The SMILES string of the molecule is O=C(NC1CCN(Cc2ccc(F)cc2)CC1)c1ccc(OCC(F)F)nc1. The van der Waals surface area contributed by atoms with E-state index in [0.717, 1.165) is 38.0 Å². The smallest absolute Gasteiger partial charge is 0.272 e. The first-order valence-electron chi connectivity index (χ1n) is 9.14. The molecule has 1 saturated heterocycles. The van der Waals surface area contributed by atoms with E-state index in [0.29, 0.717) is 5.56 Å². The number of nitrogens with zero attached hydrogens (tertiary/aromatic N) is 2. The van der Waals surface area contributed by atoms with Gasteiger partial charge in [-0.2, -0.15) is 0 Å². The second-order valence-electron chi connectivity index (χ2n) is 6.74. The molecule has 1 aliphatic rings. The monoisotopic (exact) mass is 393 g/mol. The Bertz CT molecular complexity index is 761. The van der Waals surface area contributed by atoms with Crippen molar-refractivity contribution in [3.05, 3.63) is 59.5 Å². The summed E-state index contributed by atoms with van der Waals surface area (Å²) in [5.41, 5.74) is 1.42. The van der Waals surface area contributed by atoms with Gasteiger partial charge in [-0.05, 0) is 36.6 Å². The number of ether oxygens (including phenoxy) is 1. The predicted octanol–water partition coefficient (Wildman–Crippen LogP) is 3.26. The topological polar surface area (TPSA) is 54.5 Å². The number of pyridine rings is 1. The number of aromatic nitrogens is 1. The van der Waals surface area contributed by atoms with Gasteiger partial charge in [0.2, 0.25) is 5.88 Å². The third-order valence-corrected chi connectivity index (χ3v) is 4.60. The van der Waals surface area contributed by atoms with Crippen molar-refractivity contribution in [2.45, 2.75) is 31.9 Å². The van der Waals surface area contributed by atoms with Crippen LogP contribution in [0.3, 0.4) is 0 Å². The van der Waals surface area contributed by atoms with Gasteiger partial charge in [-0.1, -0.05) is 12.1 Å². The first kappa shape index (κ1) is 20.1. The van der Waals surface area contributed by atoms with Gasteiger partial charge in [-0.3, -0.25) is 9.69 Å². The van der Waals surface area contributed by atoms with E-state index < -0.39 is 13.0 Å². The van der Waals surface area contributed by atoms with Crippen LogP contribution in [0.2, 0.25) is 0 Å². The zero-order chi connectivity index (χ0) is 19.9. The maximum Gasteiger partial charge on any atom is 0.272 e. The van der Waals surface area contributed by atoms with Crippen LogP contribution in [-0.4, -0.2) is 48.0 Å². The first-order valence-corrected chi connectivity index (χ1v) is 9.14. The number of piperidine rings is 1. The molecular weight excluding hydrogens is 371 g/mol. The average Bonchev–Trinajstić information content (AvgIpc) is 2.70. The zero-order valence-electron chi connectivity index (χ0n) is 15.3. The van der Waals surface area contributed by atoms with Gasteiger partial charge in [0, 0.05) is 37.9 Å². The maximum absolute atomic E-state index is 13.0. The fraction of sp³-hybridized carbons (Fsp3) is 0.400. The number of halogens is 3. The lowest BCUT2D eigenvalue weighted by atomic mass is 10.0. The molecule has 0 unspecified atom stereocenters. The second kappa shape index (κ2) is 9.54. The van der Waals surface area contributed by atoms with E-state index in [-0.39, 0.29) is 23.6 Å². The standard InChI is InChI=1S/C20H22F3N3O2/c21-16-4-1-14(2-5-16)12-26-9-7-17(8-10-26)25-20(27)15-3-6-19(24-11-15)28-13-18(22)23/h1-6,11,17-18H,7-10,12-13H2,(H,25,27). The Morgan fingerprint density at radius 1 is 1.18 bits per heavy atom. The minimum atomic E-state index is -2.57. The molecule has 1 aliphatic heterocycles. The number of hydrogen-bond acceptors (Lipinski definition) is 4. The molecule has 150 valence electrons. The third-order valence-electron chi connectivity index (χ3n) is 4.60. The average molecular weight is 393 g/mol. The Morgan fingerprint density at radius 2 is 1.89 bits per heavy atom. The van der Waals surface area contributed by atoms with Crippen LogP contribution in [0, 0.1) is 5.82 Å². The summed E-state index contributed by atoms with van der Waals surface area (Å²) < 4.78 is 42.0. The number of carbonyl (C=O) groups excluding carboxylic acids is 1. The summed E-state index contributed by atoms with van der Waals surface area (Å²) in [4.78, 5) is 18.5. The van der Waals surface area contributed by atoms with Crippen LogP contribution in [0.25, 0.3) is 0 Å². The number of carbonyl (C=O) groups is 1. The van der Waals surface area contributed by atoms with Crippen LogP contribution >= 0.6 is 0 Å². The largest absolute Gasteiger partial charge is 0.472 e. The second-order valence-corrected chi connectivity index (χ2v) is 6.74. The summed E-state index contributed by atoms with van der Waals surface area (Å²) in [7, 11) is 0. The Kier molecular flexibility index (Phi) is 6.86. The van der Waals surface area contributed by atoms with Crippen molar-refractivity contribution < 1.29 is 22.7 Å².